The second-order valence-electron chi connectivity index (χ2n) is 4.97. The van der Waals surface area contributed by atoms with Gasteiger partial charge >= 0.3 is 5.97 Å². The van der Waals surface area contributed by atoms with E-state index >= 15 is 0 Å². The van der Waals surface area contributed by atoms with Gasteiger partial charge in [0, 0.05) is 13.1 Å². The van der Waals surface area contributed by atoms with Crippen LogP contribution >= 0.6 is 0 Å². The van der Waals surface area contributed by atoms with Gasteiger partial charge in [0.2, 0.25) is 12.5 Å². The summed E-state index contributed by atoms with van der Waals surface area (Å²) in [6.45, 7) is 2.98. The van der Waals surface area contributed by atoms with Crippen LogP contribution in [0.1, 0.15) is 12.5 Å². The van der Waals surface area contributed by atoms with Crippen molar-refractivity contribution >= 4 is 5.97 Å². The first-order valence-corrected chi connectivity index (χ1v) is 6.39. The van der Waals surface area contributed by atoms with Gasteiger partial charge in [0.05, 0.1) is 13.0 Å². The lowest BCUT2D eigenvalue weighted by Gasteiger charge is -2.19. The van der Waals surface area contributed by atoms with Crippen LogP contribution in [0.15, 0.2) is 12.1 Å². The molecular formula is C14H19NO5. The van der Waals surface area contributed by atoms with Gasteiger partial charge in [-0.05, 0) is 24.7 Å². The molecule has 1 aromatic carbocycles. The Morgan fingerprint density at radius 1 is 1.50 bits per heavy atom. The second-order valence-corrected chi connectivity index (χ2v) is 4.97. The molecule has 0 aromatic heterocycles. The maximum atomic E-state index is 10.9. The maximum absolute atomic E-state index is 10.9. The van der Waals surface area contributed by atoms with E-state index in [0.29, 0.717) is 30.3 Å². The molecule has 1 heterocycles. The Hall–Kier alpha value is -1.95. The molecule has 1 aliphatic rings. The Labute approximate surface area is 117 Å². The first-order valence-electron chi connectivity index (χ1n) is 6.39. The summed E-state index contributed by atoms with van der Waals surface area (Å²) in [5.74, 6) is 0.725. The van der Waals surface area contributed by atoms with E-state index in [4.69, 9.17) is 19.3 Å². The van der Waals surface area contributed by atoms with Crippen LogP contribution in [-0.2, 0) is 11.3 Å². The number of carboxylic acid groups (broad SMARTS) is 1. The number of rotatable bonds is 6. The number of ether oxygens (including phenoxy) is 3. The molecule has 1 atom stereocenters. The number of hydrogen-bond acceptors (Lipinski definition) is 5. The number of fused-ring (bicyclic) bond motifs is 1. The Balaban J connectivity index is 2.08. The molecule has 0 fully saturated rings. The molecule has 1 aliphatic heterocycles. The first kappa shape index (κ1) is 14.5. The summed E-state index contributed by atoms with van der Waals surface area (Å²) in [4.78, 5) is 12.8. The lowest BCUT2D eigenvalue weighted by Crippen LogP contribution is -2.28. The van der Waals surface area contributed by atoms with Crippen molar-refractivity contribution in [1.82, 2.24) is 4.90 Å². The van der Waals surface area contributed by atoms with E-state index < -0.39 is 11.9 Å². The summed E-state index contributed by atoms with van der Waals surface area (Å²) in [7, 11) is 3.47. The highest BCUT2D eigenvalue weighted by molar-refractivity contribution is 5.69. The van der Waals surface area contributed by atoms with Crippen LogP contribution in [0.4, 0.5) is 0 Å². The SMILES string of the molecule is COc1cc(CN(C)CC(C)C(=O)O)cc2c1OCO2. The van der Waals surface area contributed by atoms with Crippen LogP contribution in [0, 0.1) is 5.92 Å². The zero-order chi connectivity index (χ0) is 14.7. The molecule has 0 aliphatic carbocycles. The molecule has 1 aromatic rings. The molecule has 6 nitrogen and oxygen atoms in total. The van der Waals surface area contributed by atoms with Crippen molar-refractivity contribution in [2.75, 3.05) is 27.5 Å². The van der Waals surface area contributed by atoms with Gasteiger partial charge in [0.15, 0.2) is 11.5 Å². The molecule has 0 saturated carbocycles. The number of nitrogens with zero attached hydrogens (tertiary/aromatic N) is 1. The van der Waals surface area contributed by atoms with Crippen LogP contribution < -0.4 is 14.2 Å². The average Bonchev–Trinajstić information content (AvgIpc) is 2.85. The minimum absolute atomic E-state index is 0.195. The van der Waals surface area contributed by atoms with Gasteiger partial charge < -0.3 is 24.2 Å². The predicted octanol–water partition coefficient (Wildman–Crippen LogP) is 1.58. The molecule has 0 amide bonds. The highest BCUT2D eigenvalue weighted by Crippen LogP contribution is 2.41. The van der Waals surface area contributed by atoms with Gasteiger partial charge in [-0.3, -0.25) is 4.79 Å². The number of methoxy groups -OCH3 is 1. The smallest absolute Gasteiger partial charge is 0.307 e. The fourth-order valence-corrected chi connectivity index (χ4v) is 2.20. The largest absolute Gasteiger partial charge is 0.493 e. The monoisotopic (exact) mass is 281 g/mol. The lowest BCUT2D eigenvalue weighted by molar-refractivity contribution is -0.141. The molecule has 0 bridgehead atoms. The number of hydrogen-bond donors (Lipinski definition) is 1. The third-order valence-electron chi connectivity index (χ3n) is 3.18. The summed E-state index contributed by atoms with van der Waals surface area (Å²) in [6.07, 6.45) is 0. The van der Waals surface area contributed by atoms with Crippen molar-refractivity contribution in [3.05, 3.63) is 17.7 Å². The Kier molecular flexibility index (Phi) is 4.34. The number of benzene rings is 1. The van der Waals surface area contributed by atoms with Gasteiger partial charge in [-0.1, -0.05) is 6.92 Å². The van der Waals surface area contributed by atoms with Crippen LogP contribution in [0.25, 0.3) is 0 Å². The van der Waals surface area contributed by atoms with Gasteiger partial charge in [0.25, 0.3) is 0 Å². The quantitative estimate of drug-likeness (QED) is 0.853. The van der Waals surface area contributed by atoms with Gasteiger partial charge in [-0.15, -0.1) is 0 Å². The standard InChI is InChI=1S/C14H19NO5/c1-9(14(16)17)6-15(2)7-10-4-11(18-3)13-12(5-10)19-8-20-13/h4-5,9H,6-8H2,1-3H3,(H,16,17). The first-order chi connectivity index (χ1) is 9.51. The maximum Gasteiger partial charge on any atom is 0.307 e. The van der Waals surface area contributed by atoms with Crippen LogP contribution in [0.3, 0.4) is 0 Å². The van der Waals surface area contributed by atoms with Gasteiger partial charge in [0.1, 0.15) is 0 Å². The molecular weight excluding hydrogens is 262 g/mol. The average molecular weight is 281 g/mol. The van der Waals surface area contributed by atoms with E-state index in [1.807, 2.05) is 24.1 Å². The Morgan fingerprint density at radius 3 is 2.90 bits per heavy atom. The van der Waals surface area contributed by atoms with E-state index in [2.05, 4.69) is 0 Å². The Bertz CT molecular complexity index is 503. The molecule has 1 unspecified atom stereocenters. The molecule has 0 saturated heterocycles. The third kappa shape index (κ3) is 3.14. The summed E-state index contributed by atoms with van der Waals surface area (Å²) >= 11 is 0. The van der Waals surface area contributed by atoms with Crippen molar-refractivity contribution in [1.29, 1.82) is 0 Å². The third-order valence-corrected chi connectivity index (χ3v) is 3.18. The number of carbonyl (C=O) groups is 1. The molecule has 2 rings (SSSR count). The molecule has 6 heteroatoms. The van der Waals surface area contributed by atoms with E-state index in [-0.39, 0.29) is 6.79 Å². The fraction of sp³-hybridized carbons (Fsp3) is 0.500. The lowest BCUT2D eigenvalue weighted by atomic mass is 10.1. The summed E-state index contributed by atoms with van der Waals surface area (Å²) < 4.78 is 16.0. The zero-order valence-electron chi connectivity index (χ0n) is 11.9. The van der Waals surface area contributed by atoms with Gasteiger partial charge in [-0.2, -0.15) is 0 Å². The number of carboxylic acids is 1. The summed E-state index contributed by atoms with van der Waals surface area (Å²) in [5.41, 5.74) is 0.992. The van der Waals surface area contributed by atoms with Crippen molar-refractivity contribution in [3.8, 4) is 17.2 Å². The number of aliphatic carboxylic acids is 1. The minimum Gasteiger partial charge on any atom is -0.493 e. The van der Waals surface area contributed by atoms with E-state index in [1.54, 1.807) is 14.0 Å². The van der Waals surface area contributed by atoms with Crippen molar-refractivity contribution in [3.63, 3.8) is 0 Å². The fourth-order valence-electron chi connectivity index (χ4n) is 2.20. The van der Waals surface area contributed by atoms with Crippen molar-refractivity contribution in [2.45, 2.75) is 13.5 Å². The topological polar surface area (TPSA) is 68.2 Å². The van der Waals surface area contributed by atoms with E-state index in [0.717, 1.165) is 5.56 Å². The zero-order valence-corrected chi connectivity index (χ0v) is 11.9. The molecule has 1 N–H and O–H groups in total. The minimum atomic E-state index is -0.792. The predicted molar refractivity (Wildman–Crippen MR) is 72.3 cm³/mol. The molecule has 110 valence electrons. The van der Waals surface area contributed by atoms with Crippen LogP contribution in [-0.4, -0.2) is 43.5 Å². The highest BCUT2D eigenvalue weighted by atomic mass is 16.7. The normalized spacial score (nSPS) is 14.4. The van der Waals surface area contributed by atoms with E-state index in [1.165, 1.54) is 0 Å². The van der Waals surface area contributed by atoms with Crippen LogP contribution in [0.2, 0.25) is 0 Å². The highest BCUT2D eigenvalue weighted by Gasteiger charge is 2.21. The molecule has 0 spiro atoms. The summed E-state index contributed by atoms with van der Waals surface area (Å²) in [6, 6.07) is 3.78. The Morgan fingerprint density at radius 2 is 2.25 bits per heavy atom. The van der Waals surface area contributed by atoms with Crippen molar-refractivity contribution < 1.29 is 24.1 Å². The van der Waals surface area contributed by atoms with E-state index in [9.17, 15) is 4.79 Å². The second kappa shape index (κ2) is 6.00. The molecule has 0 radical (unpaired) electrons. The van der Waals surface area contributed by atoms with Crippen molar-refractivity contribution in [2.24, 2.45) is 5.92 Å². The van der Waals surface area contributed by atoms with Crippen LogP contribution in [0.5, 0.6) is 17.2 Å². The summed E-state index contributed by atoms with van der Waals surface area (Å²) in [5, 5.41) is 8.92. The van der Waals surface area contributed by atoms with Gasteiger partial charge in [-0.25, -0.2) is 0 Å². The molecule has 20 heavy (non-hydrogen) atoms.